The maximum absolute atomic E-state index is 12.9. The standard InChI is InChI=1S/C12H7ClF3NO2/c1-6-4-10(18)17(11(6)19)9-3-2-7(13)5-8(9)12(14,15)16/h2-5H,1H3. The van der Waals surface area contributed by atoms with Crippen molar-refractivity contribution in [1.29, 1.82) is 0 Å². The highest BCUT2D eigenvalue weighted by atomic mass is 35.5. The number of halogens is 4. The van der Waals surface area contributed by atoms with E-state index in [-0.39, 0.29) is 10.6 Å². The molecule has 7 heteroatoms. The molecule has 1 aliphatic rings. The quantitative estimate of drug-likeness (QED) is 0.745. The van der Waals surface area contributed by atoms with E-state index in [0.717, 1.165) is 12.1 Å². The summed E-state index contributed by atoms with van der Waals surface area (Å²) in [5, 5.41) is -0.125. The van der Waals surface area contributed by atoms with Crippen LogP contribution in [-0.4, -0.2) is 11.8 Å². The molecule has 0 fully saturated rings. The highest BCUT2D eigenvalue weighted by Gasteiger charge is 2.39. The number of anilines is 1. The number of alkyl halides is 3. The Balaban J connectivity index is 2.59. The van der Waals surface area contributed by atoms with E-state index in [9.17, 15) is 22.8 Å². The van der Waals surface area contributed by atoms with Crippen molar-refractivity contribution in [3.05, 3.63) is 40.4 Å². The van der Waals surface area contributed by atoms with Crippen LogP contribution in [0.3, 0.4) is 0 Å². The van der Waals surface area contributed by atoms with Crippen LogP contribution in [0, 0.1) is 0 Å². The van der Waals surface area contributed by atoms with E-state index in [2.05, 4.69) is 0 Å². The van der Waals surface area contributed by atoms with Gasteiger partial charge in [-0.25, -0.2) is 4.90 Å². The Labute approximate surface area is 111 Å². The fraction of sp³-hybridized carbons (Fsp3) is 0.167. The summed E-state index contributed by atoms with van der Waals surface area (Å²) in [6, 6.07) is 2.89. The number of amides is 2. The molecule has 1 heterocycles. The first-order valence-electron chi connectivity index (χ1n) is 5.15. The van der Waals surface area contributed by atoms with Gasteiger partial charge in [0.25, 0.3) is 11.8 Å². The zero-order valence-electron chi connectivity index (χ0n) is 9.58. The van der Waals surface area contributed by atoms with E-state index in [1.165, 1.54) is 13.0 Å². The third-order valence-corrected chi connectivity index (χ3v) is 2.84. The van der Waals surface area contributed by atoms with E-state index >= 15 is 0 Å². The van der Waals surface area contributed by atoms with Gasteiger partial charge < -0.3 is 0 Å². The van der Waals surface area contributed by atoms with Crippen molar-refractivity contribution in [2.45, 2.75) is 13.1 Å². The minimum Gasteiger partial charge on any atom is -0.269 e. The molecule has 0 radical (unpaired) electrons. The van der Waals surface area contributed by atoms with Crippen LogP contribution in [0.15, 0.2) is 29.8 Å². The SMILES string of the molecule is CC1=CC(=O)N(c2ccc(Cl)cc2C(F)(F)F)C1=O. The number of hydrogen-bond acceptors (Lipinski definition) is 2. The molecule has 0 saturated heterocycles. The van der Waals surface area contributed by atoms with Crippen molar-refractivity contribution >= 4 is 29.1 Å². The van der Waals surface area contributed by atoms with E-state index in [1.54, 1.807) is 0 Å². The summed E-state index contributed by atoms with van der Waals surface area (Å²) >= 11 is 5.53. The molecule has 0 saturated carbocycles. The van der Waals surface area contributed by atoms with Crippen LogP contribution in [0.5, 0.6) is 0 Å². The molecule has 2 amide bonds. The maximum Gasteiger partial charge on any atom is 0.418 e. The van der Waals surface area contributed by atoms with Crippen LogP contribution in [0.1, 0.15) is 12.5 Å². The lowest BCUT2D eigenvalue weighted by molar-refractivity contribution is -0.137. The summed E-state index contributed by atoms with van der Waals surface area (Å²) < 4.78 is 38.7. The fourth-order valence-corrected chi connectivity index (χ4v) is 1.92. The van der Waals surface area contributed by atoms with Gasteiger partial charge in [-0.05, 0) is 25.1 Å². The molecule has 0 atom stereocenters. The third-order valence-electron chi connectivity index (χ3n) is 2.61. The largest absolute Gasteiger partial charge is 0.418 e. The smallest absolute Gasteiger partial charge is 0.269 e. The van der Waals surface area contributed by atoms with Gasteiger partial charge in [-0.1, -0.05) is 11.6 Å². The Morgan fingerprint density at radius 3 is 2.32 bits per heavy atom. The predicted molar refractivity (Wildman–Crippen MR) is 62.7 cm³/mol. The van der Waals surface area contributed by atoms with Crippen LogP contribution in [-0.2, 0) is 15.8 Å². The Kier molecular flexibility index (Phi) is 3.14. The maximum atomic E-state index is 12.9. The lowest BCUT2D eigenvalue weighted by Gasteiger charge is -2.20. The number of carbonyl (C=O) groups is 2. The molecule has 1 aromatic rings. The lowest BCUT2D eigenvalue weighted by Crippen LogP contribution is -2.32. The van der Waals surface area contributed by atoms with Crippen LogP contribution < -0.4 is 4.90 Å². The molecule has 0 aliphatic carbocycles. The van der Waals surface area contributed by atoms with Crippen molar-refractivity contribution in [3.63, 3.8) is 0 Å². The Hall–Kier alpha value is -1.82. The van der Waals surface area contributed by atoms with Crippen LogP contribution in [0.25, 0.3) is 0 Å². The van der Waals surface area contributed by atoms with Gasteiger partial charge in [0.2, 0.25) is 0 Å². The first-order valence-corrected chi connectivity index (χ1v) is 5.53. The Bertz CT molecular complexity index is 607. The van der Waals surface area contributed by atoms with Gasteiger partial charge in [-0.3, -0.25) is 9.59 Å². The van der Waals surface area contributed by atoms with Gasteiger partial charge in [0, 0.05) is 16.7 Å². The Morgan fingerprint density at radius 2 is 1.84 bits per heavy atom. The molecule has 0 aromatic heterocycles. The van der Waals surface area contributed by atoms with E-state index in [1.807, 2.05) is 0 Å². The minimum atomic E-state index is -4.71. The molecular formula is C12H7ClF3NO2. The number of benzene rings is 1. The molecule has 1 aromatic carbocycles. The van der Waals surface area contributed by atoms with Crippen molar-refractivity contribution < 1.29 is 22.8 Å². The Morgan fingerprint density at radius 1 is 1.21 bits per heavy atom. The summed E-state index contributed by atoms with van der Waals surface area (Å²) in [6.07, 6.45) is -3.71. The van der Waals surface area contributed by atoms with Gasteiger partial charge in [0.1, 0.15) is 0 Å². The molecule has 0 spiro atoms. The third kappa shape index (κ3) is 2.35. The number of imide groups is 1. The summed E-state index contributed by atoms with van der Waals surface area (Å²) in [7, 11) is 0. The lowest BCUT2D eigenvalue weighted by atomic mass is 10.1. The summed E-state index contributed by atoms with van der Waals surface area (Å²) in [6.45, 7) is 1.36. The molecule has 100 valence electrons. The van der Waals surface area contributed by atoms with E-state index in [4.69, 9.17) is 11.6 Å². The molecule has 1 aliphatic heterocycles. The van der Waals surface area contributed by atoms with Gasteiger partial charge in [-0.2, -0.15) is 13.2 Å². The highest BCUT2D eigenvalue weighted by molar-refractivity contribution is 6.32. The monoisotopic (exact) mass is 289 g/mol. The second-order valence-electron chi connectivity index (χ2n) is 3.97. The van der Waals surface area contributed by atoms with Gasteiger partial charge in [0.05, 0.1) is 11.3 Å². The number of hydrogen-bond donors (Lipinski definition) is 0. The predicted octanol–water partition coefficient (Wildman–Crippen LogP) is 3.18. The number of rotatable bonds is 1. The second kappa shape index (κ2) is 4.38. The molecule has 0 unspecified atom stereocenters. The summed E-state index contributed by atoms with van der Waals surface area (Å²) in [4.78, 5) is 23.8. The van der Waals surface area contributed by atoms with Gasteiger partial charge in [0.15, 0.2) is 0 Å². The first-order chi connectivity index (χ1) is 8.71. The second-order valence-corrected chi connectivity index (χ2v) is 4.40. The normalized spacial score (nSPS) is 16.1. The average molecular weight is 290 g/mol. The van der Waals surface area contributed by atoms with Crippen molar-refractivity contribution in [2.24, 2.45) is 0 Å². The van der Waals surface area contributed by atoms with Crippen LogP contribution in [0.4, 0.5) is 18.9 Å². The fourth-order valence-electron chi connectivity index (χ4n) is 1.75. The van der Waals surface area contributed by atoms with E-state index in [0.29, 0.717) is 11.0 Å². The molecule has 0 bridgehead atoms. The molecule has 3 nitrogen and oxygen atoms in total. The summed E-state index contributed by atoms with van der Waals surface area (Å²) in [5.74, 6) is -1.56. The highest BCUT2D eigenvalue weighted by Crippen LogP contribution is 2.39. The van der Waals surface area contributed by atoms with Crippen LogP contribution >= 0.6 is 11.6 Å². The van der Waals surface area contributed by atoms with Crippen molar-refractivity contribution in [1.82, 2.24) is 0 Å². The zero-order valence-corrected chi connectivity index (χ0v) is 10.3. The zero-order chi connectivity index (χ0) is 14.4. The van der Waals surface area contributed by atoms with Crippen LogP contribution in [0.2, 0.25) is 5.02 Å². The molecule has 0 N–H and O–H groups in total. The molecule has 2 rings (SSSR count). The summed E-state index contributed by atoms with van der Waals surface area (Å²) in [5.41, 5.74) is -1.54. The molecular weight excluding hydrogens is 283 g/mol. The van der Waals surface area contributed by atoms with Gasteiger partial charge >= 0.3 is 6.18 Å². The average Bonchev–Trinajstić information content (AvgIpc) is 2.53. The minimum absolute atomic E-state index is 0.0908. The topological polar surface area (TPSA) is 37.4 Å². The number of nitrogens with zero attached hydrogens (tertiary/aromatic N) is 1. The van der Waals surface area contributed by atoms with Crippen molar-refractivity contribution in [2.75, 3.05) is 4.90 Å². The van der Waals surface area contributed by atoms with E-state index < -0.39 is 29.2 Å². The molecule has 19 heavy (non-hydrogen) atoms. The first kappa shape index (κ1) is 13.6. The van der Waals surface area contributed by atoms with Crippen molar-refractivity contribution in [3.8, 4) is 0 Å². The number of carbonyl (C=O) groups excluding carboxylic acids is 2. The van der Waals surface area contributed by atoms with Gasteiger partial charge in [-0.15, -0.1) is 0 Å².